The molecule has 1 aromatic rings. The van der Waals surface area contributed by atoms with E-state index in [9.17, 15) is 0 Å². The highest BCUT2D eigenvalue weighted by Crippen LogP contribution is 2.16. The highest BCUT2D eigenvalue weighted by molar-refractivity contribution is 14.0. The Hall–Kier alpha value is -0.990. The summed E-state index contributed by atoms with van der Waals surface area (Å²) < 4.78 is 2.05. The zero-order chi connectivity index (χ0) is 14.7. The number of anilines is 1. The molecule has 0 atom stereocenters. The summed E-state index contributed by atoms with van der Waals surface area (Å²) in [4.78, 5) is 13.1. The molecular weight excluding hydrogens is 379 g/mol. The van der Waals surface area contributed by atoms with E-state index in [-0.39, 0.29) is 24.0 Å². The molecule has 2 heterocycles. The number of nitrogens with zero attached hydrogens (tertiary/aromatic N) is 5. The molecule has 0 aromatic carbocycles. The first-order valence-corrected chi connectivity index (χ1v) is 7.21. The third-order valence-corrected chi connectivity index (χ3v) is 3.97. The van der Waals surface area contributed by atoms with Crippen molar-refractivity contribution in [3.05, 3.63) is 11.9 Å². The molecule has 0 radical (unpaired) electrons. The van der Waals surface area contributed by atoms with Crippen LogP contribution in [0.5, 0.6) is 0 Å². The van der Waals surface area contributed by atoms with Gasteiger partial charge in [-0.1, -0.05) is 6.92 Å². The van der Waals surface area contributed by atoms with E-state index in [1.165, 1.54) is 12.8 Å². The van der Waals surface area contributed by atoms with E-state index < -0.39 is 0 Å². The Labute approximate surface area is 144 Å². The molecule has 1 saturated heterocycles. The fourth-order valence-electron chi connectivity index (χ4n) is 2.50. The van der Waals surface area contributed by atoms with Gasteiger partial charge in [0.2, 0.25) is 5.95 Å². The molecule has 0 spiro atoms. The lowest BCUT2D eigenvalue weighted by Crippen LogP contribution is -2.42. The lowest BCUT2D eigenvalue weighted by molar-refractivity contribution is 0.277. The Bertz CT molecular complexity index is 474. The summed E-state index contributed by atoms with van der Waals surface area (Å²) in [5, 5.41) is 0. The summed E-state index contributed by atoms with van der Waals surface area (Å²) in [6.07, 6.45) is 4.27. The minimum absolute atomic E-state index is 0. The highest BCUT2D eigenvalue weighted by Gasteiger charge is 2.17. The van der Waals surface area contributed by atoms with Gasteiger partial charge in [-0.05, 0) is 18.8 Å². The summed E-state index contributed by atoms with van der Waals surface area (Å²) >= 11 is 0. The molecule has 1 aromatic heterocycles. The van der Waals surface area contributed by atoms with Crippen LogP contribution < -0.4 is 10.6 Å². The van der Waals surface area contributed by atoms with Crippen molar-refractivity contribution in [1.82, 2.24) is 14.5 Å². The van der Waals surface area contributed by atoms with Crippen LogP contribution in [-0.2, 0) is 13.6 Å². The summed E-state index contributed by atoms with van der Waals surface area (Å²) in [7, 11) is 5.98. The maximum absolute atomic E-state index is 6.09. The Morgan fingerprint density at radius 2 is 2.05 bits per heavy atom. The molecule has 0 amide bonds. The number of piperidine rings is 1. The van der Waals surface area contributed by atoms with Crippen LogP contribution >= 0.6 is 24.0 Å². The lowest BCUT2D eigenvalue weighted by Gasteiger charge is -2.31. The minimum Gasteiger partial charge on any atom is -0.370 e. The number of likely N-dealkylation sites (tertiary alicyclic amines) is 1. The summed E-state index contributed by atoms with van der Waals surface area (Å²) in [5.74, 6) is 2.39. The van der Waals surface area contributed by atoms with E-state index in [0.717, 1.165) is 30.6 Å². The van der Waals surface area contributed by atoms with Crippen molar-refractivity contribution in [2.45, 2.75) is 26.3 Å². The number of aromatic nitrogens is 2. The number of aliphatic imine (C=N–C) groups is 1. The Kier molecular flexibility index (Phi) is 6.76. The van der Waals surface area contributed by atoms with Crippen molar-refractivity contribution < 1.29 is 0 Å². The van der Waals surface area contributed by atoms with Gasteiger partial charge in [0.1, 0.15) is 0 Å². The number of rotatable bonds is 3. The van der Waals surface area contributed by atoms with Crippen LogP contribution in [0.2, 0.25) is 0 Å². The van der Waals surface area contributed by atoms with Crippen molar-refractivity contribution >= 4 is 35.9 Å². The van der Waals surface area contributed by atoms with Crippen LogP contribution in [0.1, 0.15) is 25.5 Å². The van der Waals surface area contributed by atoms with E-state index in [0.29, 0.717) is 12.5 Å². The number of hydrogen-bond acceptors (Lipinski definition) is 3. The van der Waals surface area contributed by atoms with Crippen LogP contribution in [0.15, 0.2) is 11.2 Å². The summed E-state index contributed by atoms with van der Waals surface area (Å²) in [6.45, 7) is 4.91. The van der Waals surface area contributed by atoms with Crippen molar-refractivity contribution in [1.29, 1.82) is 0 Å². The smallest absolute Gasteiger partial charge is 0.204 e. The van der Waals surface area contributed by atoms with Gasteiger partial charge in [0.25, 0.3) is 0 Å². The molecule has 0 saturated carbocycles. The van der Waals surface area contributed by atoms with E-state index in [1.807, 2.05) is 32.2 Å². The molecule has 0 bridgehead atoms. The second-order valence-corrected chi connectivity index (χ2v) is 5.85. The van der Waals surface area contributed by atoms with Gasteiger partial charge in [-0.3, -0.25) is 0 Å². The molecular formula is C14H27IN6. The molecule has 2 rings (SSSR count). The summed E-state index contributed by atoms with van der Waals surface area (Å²) in [5.41, 5.74) is 7.17. The second kappa shape index (κ2) is 7.86. The van der Waals surface area contributed by atoms with Crippen molar-refractivity contribution in [3.63, 3.8) is 0 Å². The van der Waals surface area contributed by atoms with Gasteiger partial charge in [-0.25, -0.2) is 9.98 Å². The quantitative estimate of drug-likeness (QED) is 0.471. The molecule has 21 heavy (non-hydrogen) atoms. The molecule has 7 heteroatoms. The molecule has 1 fully saturated rings. The first-order chi connectivity index (χ1) is 9.49. The van der Waals surface area contributed by atoms with E-state index in [2.05, 4.69) is 26.4 Å². The normalized spacial score (nSPS) is 16.8. The third-order valence-electron chi connectivity index (χ3n) is 3.97. The molecule has 120 valence electrons. The van der Waals surface area contributed by atoms with E-state index in [4.69, 9.17) is 5.73 Å². The maximum Gasteiger partial charge on any atom is 0.204 e. The largest absolute Gasteiger partial charge is 0.370 e. The van der Waals surface area contributed by atoms with E-state index >= 15 is 0 Å². The first kappa shape index (κ1) is 18.1. The van der Waals surface area contributed by atoms with Crippen LogP contribution in [0.4, 0.5) is 5.95 Å². The van der Waals surface area contributed by atoms with Gasteiger partial charge in [0, 0.05) is 34.2 Å². The van der Waals surface area contributed by atoms with Gasteiger partial charge >= 0.3 is 0 Å². The number of guanidine groups is 1. The van der Waals surface area contributed by atoms with Gasteiger partial charge < -0.3 is 20.1 Å². The number of imidazole rings is 1. The van der Waals surface area contributed by atoms with Gasteiger partial charge in [-0.2, -0.15) is 0 Å². The molecule has 2 N–H and O–H groups in total. The predicted molar refractivity (Wildman–Crippen MR) is 98.2 cm³/mol. The SMILES string of the molecule is CC1CCN(C(N)=NCc2cnc(N(C)C)n2C)CC1.I. The number of hydrogen-bond donors (Lipinski definition) is 1. The summed E-state index contributed by atoms with van der Waals surface area (Å²) in [6, 6.07) is 0. The van der Waals surface area contributed by atoms with Crippen LogP contribution in [0.25, 0.3) is 0 Å². The van der Waals surface area contributed by atoms with E-state index in [1.54, 1.807) is 0 Å². The molecule has 0 unspecified atom stereocenters. The van der Waals surface area contributed by atoms with Crippen molar-refractivity contribution in [2.75, 3.05) is 32.1 Å². The Balaban J connectivity index is 0.00000220. The standard InChI is InChI=1S/C14H26N6.HI/c1-11-5-7-20(8-6-11)13(15)16-9-12-10-17-14(18(2)3)19(12)4;/h10-11H,5-9H2,1-4H3,(H2,15,16);1H. The topological polar surface area (TPSA) is 62.7 Å². The molecule has 1 aliphatic rings. The van der Waals surface area contributed by atoms with Gasteiger partial charge in [-0.15, -0.1) is 24.0 Å². The maximum atomic E-state index is 6.09. The molecule has 0 aliphatic carbocycles. The van der Waals surface area contributed by atoms with Gasteiger partial charge in [0.15, 0.2) is 5.96 Å². The fourth-order valence-corrected chi connectivity index (χ4v) is 2.50. The number of nitrogens with two attached hydrogens (primary N) is 1. The zero-order valence-corrected chi connectivity index (χ0v) is 15.7. The van der Waals surface area contributed by atoms with Crippen LogP contribution in [0.3, 0.4) is 0 Å². The zero-order valence-electron chi connectivity index (χ0n) is 13.4. The average molecular weight is 406 g/mol. The first-order valence-electron chi connectivity index (χ1n) is 7.21. The minimum atomic E-state index is 0. The average Bonchev–Trinajstić information content (AvgIpc) is 2.78. The third kappa shape index (κ3) is 4.49. The van der Waals surface area contributed by atoms with Crippen LogP contribution in [-0.4, -0.2) is 47.6 Å². The van der Waals surface area contributed by atoms with Crippen molar-refractivity contribution in [3.8, 4) is 0 Å². The van der Waals surface area contributed by atoms with Crippen molar-refractivity contribution in [2.24, 2.45) is 23.7 Å². The Morgan fingerprint density at radius 1 is 1.43 bits per heavy atom. The predicted octanol–water partition coefficient (Wildman–Crippen LogP) is 1.65. The lowest BCUT2D eigenvalue weighted by atomic mass is 10.00. The molecule has 1 aliphatic heterocycles. The Morgan fingerprint density at radius 3 is 2.57 bits per heavy atom. The van der Waals surface area contributed by atoms with Gasteiger partial charge in [0.05, 0.1) is 18.4 Å². The fraction of sp³-hybridized carbons (Fsp3) is 0.714. The van der Waals surface area contributed by atoms with Crippen LogP contribution in [0, 0.1) is 5.92 Å². The monoisotopic (exact) mass is 406 g/mol. The molecule has 6 nitrogen and oxygen atoms in total. The highest BCUT2D eigenvalue weighted by atomic mass is 127. The second-order valence-electron chi connectivity index (χ2n) is 5.85. The number of halogens is 1.